The fraction of sp³-hybridized carbons (Fsp3) is 0.647. The van der Waals surface area contributed by atoms with Crippen LogP contribution in [0.25, 0.3) is 0 Å². The van der Waals surface area contributed by atoms with Gasteiger partial charge < -0.3 is 10.2 Å². The summed E-state index contributed by atoms with van der Waals surface area (Å²) in [5.41, 5.74) is 2.72. The minimum absolute atomic E-state index is 0.583. The molecule has 1 aliphatic heterocycles. The maximum atomic E-state index is 4.54. The summed E-state index contributed by atoms with van der Waals surface area (Å²) in [5, 5.41) is 3.47. The highest BCUT2D eigenvalue weighted by Gasteiger charge is 2.40. The second kappa shape index (κ2) is 6.04. The van der Waals surface area contributed by atoms with E-state index in [-0.39, 0.29) is 0 Å². The van der Waals surface area contributed by atoms with Gasteiger partial charge in [0, 0.05) is 25.8 Å². The van der Waals surface area contributed by atoms with E-state index in [0.717, 1.165) is 30.4 Å². The lowest BCUT2D eigenvalue weighted by molar-refractivity contribution is 0.309. The zero-order valence-corrected chi connectivity index (χ0v) is 13.2. The van der Waals surface area contributed by atoms with Crippen molar-refractivity contribution in [2.24, 2.45) is 10.4 Å². The summed E-state index contributed by atoms with van der Waals surface area (Å²) >= 11 is 0. The van der Waals surface area contributed by atoms with Gasteiger partial charge in [-0.25, -0.2) is 0 Å². The molecular weight excluding hydrogens is 260 g/mol. The van der Waals surface area contributed by atoms with Crippen LogP contribution < -0.4 is 5.32 Å². The monoisotopic (exact) mass is 286 g/mol. The predicted octanol–water partition coefficient (Wildman–Crippen LogP) is 2.73. The zero-order chi connectivity index (χ0) is 14.7. The van der Waals surface area contributed by atoms with Gasteiger partial charge >= 0.3 is 0 Å². The van der Waals surface area contributed by atoms with Crippen LogP contribution in [0.5, 0.6) is 0 Å². The Labute approximate surface area is 127 Å². The second-order valence-corrected chi connectivity index (χ2v) is 6.55. The summed E-state index contributed by atoms with van der Waals surface area (Å²) in [6, 6.07) is 6.16. The summed E-state index contributed by atoms with van der Waals surface area (Å²) in [4.78, 5) is 11.4. The molecule has 2 aliphatic rings. The predicted molar refractivity (Wildman–Crippen MR) is 86.3 cm³/mol. The van der Waals surface area contributed by atoms with E-state index in [0.29, 0.717) is 5.41 Å². The van der Waals surface area contributed by atoms with Gasteiger partial charge in [0.1, 0.15) is 0 Å². The van der Waals surface area contributed by atoms with E-state index in [1.54, 1.807) is 0 Å². The molecule has 1 spiro atoms. The topological polar surface area (TPSA) is 40.5 Å². The van der Waals surface area contributed by atoms with Gasteiger partial charge in [-0.3, -0.25) is 9.98 Å². The van der Waals surface area contributed by atoms with Crippen LogP contribution in [-0.4, -0.2) is 36.0 Å². The minimum Gasteiger partial charge on any atom is -0.351 e. The van der Waals surface area contributed by atoms with Crippen LogP contribution in [0.4, 0.5) is 0 Å². The number of hydrogen-bond donors (Lipinski definition) is 1. The van der Waals surface area contributed by atoms with Crippen LogP contribution in [0.3, 0.4) is 0 Å². The molecule has 1 N–H and O–H groups in total. The third-order valence-electron chi connectivity index (χ3n) is 4.99. The summed E-state index contributed by atoms with van der Waals surface area (Å²) < 4.78 is 0. The molecule has 1 aromatic heterocycles. The lowest BCUT2D eigenvalue weighted by Crippen LogP contribution is -2.40. The molecule has 0 aromatic carbocycles. The third kappa shape index (κ3) is 3.20. The highest BCUT2D eigenvalue weighted by atomic mass is 15.3. The maximum Gasteiger partial charge on any atom is 0.193 e. The van der Waals surface area contributed by atoms with E-state index in [2.05, 4.69) is 32.3 Å². The van der Waals surface area contributed by atoms with E-state index in [9.17, 15) is 0 Å². The fourth-order valence-corrected chi connectivity index (χ4v) is 3.85. The molecule has 0 radical (unpaired) electrons. The average Bonchev–Trinajstić information content (AvgIpc) is 3.11. The van der Waals surface area contributed by atoms with Crippen molar-refractivity contribution in [1.82, 2.24) is 15.2 Å². The molecule has 3 rings (SSSR count). The third-order valence-corrected chi connectivity index (χ3v) is 4.99. The van der Waals surface area contributed by atoms with Gasteiger partial charge in [0.25, 0.3) is 0 Å². The summed E-state index contributed by atoms with van der Waals surface area (Å²) in [7, 11) is 1.88. The van der Waals surface area contributed by atoms with E-state index >= 15 is 0 Å². The second-order valence-electron chi connectivity index (χ2n) is 6.55. The molecule has 114 valence electrons. The molecule has 1 aliphatic carbocycles. The molecule has 1 saturated heterocycles. The van der Waals surface area contributed by atoms with Gasteiger partial charge in [0.2, 0.25) is 0 Å². The summed E-state index contributed by atoms with van der Waals surface area (Å²) in [6.07, 6.45) is 6.95. The molecule has 0 unspecified atom stereocenters. The van der Waals surface area contributed by atoms with Crippen molar-refractivity contribution in [3.8, 4) is 0 Å². The average molecular weight is 286 g/mol. The van der Waals surface area contributed by atoms with E-state index in [1.807, 2.05) is 20.0 Å². The van der Waals surface area contributed by atoms with Crippen molar-refractivity contribution in [2.45, 2.75) is 45.6 Å². The number of pyridine rings is 1. The number of aryl methyl sites for hydroxylation is 1. The fourth-order valence-electron chi connectivity index (χ4n) is 3.85. The number of aromatic nitrogens is 1. The highest BCUT2D eigenvalue weighted by Crippen LogP contribution is 2.45. The number of hydrogen-bond acceptors (Lipinski definition) is 2. The van der Waals surface area contributed by atoms with Gasteiger partial charge in [0.05, 0.1) is 12.2 Å². The van der Waals surface area contributed by atoms with Crippen molar-refractivity contribution in [2.75, 3.05) is 20.1 Å². The number of aliphatic imine (C=N–C) groups is 1. The van der Waals surface area contributed by atoms with Crippen LogP contribution in [0.2, 0.25) is 0 Å². The first kappa shape index (κ1) is 14.4. The molecule has 1 aromatic rings. The number of likely N-dealkylation sites (tertiary alicyclic amines) is 1. The SMILES string of the molecule is CN=C(NCc1cccc(C)n1)N1CCC2(CCCC2)C1. The Morgan fingerprint density at radius 3 is 2.86 bits per heavy atom. The lowest BCUT2D eigenvalue weighted by Gasteiger charge is -2.25. The Hall–Kier alpha value is -1.58. The molecule has 0 atom stereocenters. The summed E-state index contributed by atoms with van der Waals surface area (Å²) in [5.74, 6) is 1.03. The van der Waals surface area contributed by atoms with Gasteiger partial charge in [-0.1, -0.05) is 18.9 Å². The van der Waals surface area contributed by atoms with Crippen molar-refractivity contribution in [3.05, 3.63) is 29.6 Å². The van der Waals surface area contributed by atoms with Crippen molar-refractivity contribution >= 4 is 5.96 Å². The molecule has 2 heterocycles. The van der Waals surface area contributed by atoms with Gasteiger partial charge in [-0.05, 0) is 43.7 Å². The largest absolute Gasteiger partial charge is 0.351 e. The van der Waals surface area contributed by atoms with E-state index in [1.165, 1.54) is 38.6 Å². The summed E-state index contributed by atoms with van der Waals surface area (Å²) in [6.45, 7) is 5.09. The lowest BCUT2D eigenvalue weighted by atomic mass is 9.86. The maximum absolute atomic E-state index is 4.54. The molecule has 4 nitrogen and oxygen atoms in total. The molecule has 2 fully saturated rings. The van der Waals surface area contributed by atoms with E-state index in [4.69, 9.17) is 0 Å². The van der Waals surface area contributed by atoms with Crippen molar-refractivity contribution in [1.29, 1.82) is 0 Å². The minimum atomic E-state index is 0.583. The standard InChI is InChI=1S/C17H26N4/c1-14-6-5-7-15(20-14)12-19-16(18-2)21-11-10-17(13-21)8-3-4-9-17/h5-7H,3-4,8-13H2,1-2H3,(H,18,19). The Balaban J connectivity index is 1.59. The zero-order valence-electron chi connectivity index (χ0n) is 13.2. The highest BCUT2D eigenvalue weighted by molar-refractivity contribution is 5.80. The molecule has 1 saturated carbocycles. The normalized spacial score (nSPS) is 21.2. The Morgan fingerprint density at radius 2 is 2.14 bits per heavy atom. The van der Waals surface area contributed by atoms with E-state index < -0.39 is 0 Å². The van der Waals surface area contributed by atoms with Crippen molar-refractivity contribution < 1.29 is 0 Å². The van der Waals surface area contributed by atoms with Gasteiger partial charge in [0.15, 0.2) is 5.96 Å². The first-order chi connectivity index (χ1) is 10.2. The molecule has 4 heteroatoms. The molecular formula is C17H26N4. The Kier molecular flexibility index (Phi) is 4.13. The number of guanidine groups is 1. The first-order valence-electron chi connectivity index (χ1n) is 8.09. The number of nitrogens with one attached hydrogen (secondary N) is 1. The number of nitrogens with zero attached hydrogens (tertiary/aromatic N) is 3. The van der Waals surface area contributed by atoms with Crippen LogP contribution in [-0.2, 0) is 6.54 Å². The Bertz CT molecular complexity index is 517. The van der Waals surface area contributed by atoms with Crippen LogP contribution in [0, 0.1) is 12.3 Å². The van der Waals surface area contributed by atoms with Gasteiger partial charge in [-0.15, -0.1) is 0 Å². The van der Waals surface area contributed by atoms with Crippen LogP contribution in [0.15, 0.2) is 23.2 Å². The quantitative estimate of drug-likeness (QED) is 0.671. The van der Waals surface area contributed by atoms with Crippen LogP contribution in [0.1, 0.15) is 43.5 Å². The molecule has 21 heavy (non-hydrogen) atoms. The van der Waals surface area contributed by atoms with Crippen LogP contribution >= 0.6 is 0 Å². The smallest absolute Gasteiger partial charge is 0.193 e. The number of rotatable bonds is 2. The molecule has 0 amide bonds. The molecule has 0 bridgehead atoms. The van der Waals surface area contributed by atoms with Crippen molar-refractivity contribution in [3.63, 3.8) is 0 Å². The van der Waals surface area contributed by atoms with Gasteiger partial charge in [-0.2, -0.15) is 0 Å². The first-order valence-corrected chi connectivity index (χ1v) is 8.09. The Morgan fingerprint density at radius 1 is 1.33 bits per heavy atom.